The molecule has 2 unspecified atom stereocenters. The van der Waals surface area contributed by atoms with Crippen LogP contribution < -0.4 is 5.32 Å². The molecular weight excluding hydrogens is 144 g/mol. The van der Waals surface area contributed by atoms with Gasteiger partial charge in [-0.15, -0.1) is 0 Å². The Morgan fingerprint density at radius 3 is 3.00 bits per heavy atom. The summed E-state index contributed by atoms with van der Waals surface area (Å²) in [5.74, 6) is 0.116. The molecule has 2 rings (SSSR count). The number of aliphatic hydroxyl groups is 1. The highest BCUT2D eigenvalue weighted by atomic mass is 16.3. The quantitative estimate of drug-likeness (QED) is 0.488. The molecule has 0 spiro atoms. The normalized spacial score (nSPS) is 42.2. The van der Waals surface area contributed by atoms with Crippen LogP contribution in [0.15, 0.2) is 0 Å². The summed E-state index contributed by atoms with van der Waals surface area (Å²) in [4.78, 5) is 13.0. The second kappa shape index (κ2) is 1.95. The van der Waals surface area contributed by atoms with Crippen LogP contribution in [0.2, 0.25) is 0 Å². The second-order valence-electron chi connectivity index (χ2n) is 3.42. The molecule has 0 aromatic rings. The predicted octanol–water partition coefficient (Wildman–Crippen LogP) is -1.45. The zero-order valence-corrected chi connectivity index (χ0v) is 6.50. The first-order valence-electron chi connectivity index (χ1n) is 3.81. The van der Waals surface area contributed by atoms with Crippen molar-refractivity contribution in [2.24, 2.45) is 0 Å². The van der Waals surface area contributed by atoms with Crippen molar-refractivity contribution in [1.82, 2.24) is 10.2 Å². The predicted molar refractivity (Wildman–Crippen MR) is 39.0 cm³/mol. The summed E-state index contributed by atoms with van der Waals surface area (Å²) in [5, 5.41) is 12.2. The summed E-state index contributed by atoms with van der Waals surface area (Å²) >= 11 is 0. The molecule has 1 amide bonds. The van der Waals surface area contributed by atoms with Crippen LogP contribution in [0.25, 0.3) is 0 Å². The lowest BCUT2D eigenvalue weighted by Crippen LogP contribution is -2.55. The van der Waals surface area contributed by atoms with Gasteiger partial charge in [-0.3, -0.25) is 4.79 Å². The molecule has 2 heterocycles. The molecule has 2 aliphatic rings. The first-order chi connectivity index (χ1) is 5.19. The van der Waals surface area contributed by atoms with Crippen LogP contribution in [0.1, 0.15) is 6.42 Å². The molecule has 2 aliphatic heterocycles. The largest absolute Gasteiger partial charge is 0.394 e. The highest BCUT2D eigenvalue weighted by Gasteiger charge is 2.53. The van der Waals surface area contributed by atoms with E-state index >= 15 is 0 Å². The Labute approximate surface area is 65.2 Å². The number of rotatable bonds is 1. The minimum Gasteiger partial charge on any atom is -0.394 e. The maximum absolute atomic E-state index is 11.3. The van der Waals surface area contributed by atoms with Gasteiger partial charge in [0.1, 0.15) is 0 Å². The summed E-state index contributed by atoms with van der Waals surface area (Å²) in [6.45, 7) is 0.801. The third kappa shape index (κ3) is 0.684. The van der Waals surface area contributed by atoms with Crippen LogP contribution in [0.4, 0.5) is 0 Å². The van der Waals surface area contributed by atoms with E-state index in [-0.39, 0.29) is 24.1 Å². The fourth-order valence-electron chi connectivity index (χ4n) is 1.96. The van der Waals surface area contributed by atoms with E-state index in [0.717, 1.165) is 13.0 Å². The summed E-state index contributed by atoms with van der Waals surface area (Å²) in [6.07, 6.45) is 0.763. The third-order valence-corrected chi connectivity index (χ3v) is 2.90. The lowest BCUT2D eigenvalue weighted by Gasteiger charge is -2.34. The van der Waals surface area contributed by atoms with Crippen molar-refractivity contribution in [3.8, 4) is 0 Å². The average Bonchev–Trinajstić information content (AvgIpc) is 2.53. The van der Waals surface area contributed by atoms with Gasteiger partial charge in [-0.05, 0) is 6.42 Å². The standard InChI is InChI=1S/C7H12N2O2/c1-9-6(11)5-2-7(9,4-10)3-8-5/h5,8,10H,2-4H2,1H3. The number of carbonyl (C=O) groups is 1. The van der Waals surface area contributed by atoms with Crippen LogP contribution >= 0.6 is 0 Å². The van der Waals surface area contributed by atoms with Gasteiger partial charge in [0.25, 0.3) is 0 Å². The molecule has 2 bridgehead atoms. The lowest BCUT2D eigenvalue weighted by atomic mass is 10.0. The first kappa shape index (κ1) is 7.06. The van der Waals surface area contributed by atoms with E-state index in [1.165, 1.54) is 0 Å². The highest BCUT2D eigenvalue weighted by molar-refractivity contribution is 5.86. The van der Waals surface area contributed by atoms with Gasteiger partial charge in [-0.2, -0.15) is 0 Å². The first-order valence-corrected chi connectivity index (χ1v) is 3.81. The van der Waals surface area contributed by atoms with Crippen molar-refractivity contribution in [1.29, 1.82) is 0 Å². The van der Waals surface area contributed by atoms with Crippen LogP contribution in [0, 0.1) is 0 Å². The molecule has 0 aromatic heterocycles. The number of piperazine rings is 1. The van der Waals surface area contributed by atoms with Crippen molar-refractivity contribution < 1.29 is 9.90 Å². The SMILES string of the molecule is CN1C(=O)C2CC1(CO)CN2. The topological polar surface area (TPSA) is 52.6 Å². The highest BCUT2D eigenvalue weighted by Crippen LogP contribution is 2.33. The van der Waals surface area contributed by atoms with Gasteiger partial charge in [0, 0.05) is 13.6 Å². The maximum Gasteiger partial charge on any atom is 0.240 e. The molecule has 2 saturated heterocycles. The minimum atomic E-state index is -0.290. The van der Waals surface area contributed by atoms with E-state index in [0.29, 0.717) is 0 Å². The molecule has 62 valence electrons. The molecule has 2 atom stereocenters. The van der Waals surface area contributed by atoms with Gasteiger partial charge >= 0.3 is 0 Å². The molecule has 0 aliphatic carbocycles. The lowest BCUT2D eigenvalue weighted by molar-refractivity contribution is -0.134. The number of nitrogens with zero attached hydrogens (tertiary/aromatic N) is 1. The van der Waals surface area contributed by atoms with Crippen LogP contribution in [-0.2, 0) is 4.79 Å². The van der Waals surface area contributed by atoms with E-state index in [4.69, 9.17) is 5.11 Å². The van der Waals surface area contributed by atoms with E-state index in [9.17, 15) is 4.79 Å². The number of aliphatic hydroxyl groups excluding tert-OH is 1. The monoisotopic (exact) mass is 156 g/mol. The summed E-state index contributed by atoms with van der Waals surface area (Å²) < 4.78 is 0. The van der Waals surface area contributed by atoms with Gasteiger partial charge < -0.3 is 15.3 Å². The average molecular weight is 156 g/mol. The zero-order chi connectivity index (χ0) is 8.06. The zero-order valence-electron chi connectivity index (χ0n) is 6.50. The Morgan fingerprint density at radius 2 is 2.64 bits per heavy atom. The van der Waals surface area contributed by atoms with Gasteiger partial charge in [0.2, 0.25) is 5.91 Å². The van der Waals surface area contributed by atoms with Crippen molar-refractivity contribution in [3.05, 3.63) is 0 Å². The van der Waals surface area contributed by atoms with Crippen molar-refractivity contribution in [2.75, 3.05) is 20.2 Å². The van der Waals surface area contributed by atoms with Crippen molar-refractivity contribution in [3.63, 3.8) is 0 Å². The van der Waals surface area contributed by atoms with Crippen LogP contribution in [0.3, 0.4) is 0 Å². The summed E-state index contributed by atoms with van der Waals surface area (Å²) in [6, 6.07) is -0.0350. The summed E-state index contributed by atoms with van der Waals surface area (Å²) in [5.41, 5.74) is -0.290. The fraction of sp³-hybridized carbons (Fsp3) is 0.857. The Morgan fingerprint density at radius 1 is 1.91 bits per heavy atom. The Hall–Kier alpha value is -0.610. The van der Waals surface area contributed by atoms with E-state index in [2.05, 4.69) is 5.32 Å². The molecule has 0 aromatic carbocycles. The van der Waals surface area contributed by atoms with Gasteiger partial charge in [-0.25, -0.2) is 0 Å². The van der Waals surface area contributed by atoms with E-state index < -0.39 is 0 Å². The van der Waals surface area contributed by atoms with E-state index in [1.54, 1.807) is 11.9 Å². The Balaban J connectivity index is 2.30. The number of amides is 1. The van der Waals surface area contributed by atoms with Crippen LogP contribution in [-0.4, -0.2) is 47.7 Å². The number of nitrogens with one attached hydrogen (secondary N) is 1. The minimum absolute atomic E-state index is 0.0350. The number of likely N-dealkylation sites (tertiary alicyclic amines) is 1. The van der Waals surface area contributed by atoms with E-state index in [1.807, 2.05) is 0 Å². The Bertz CT molecular complexity index is 207. The molecule has 2 fully saturated rings. The smallest absolute Gasteiger partial charge is 0.240 e. The van der Waals surface area contributed by atoms with Crippen molar-refractivity contribution in [2.45, 2.75) is 18.0 Å². The third-order valence-electron chi connectivity index (χ3n) is 2.90. The summed E-state index contributed by atoms with van der Waals surface area (Å²) in [7, 11) is 1.76. The molecule has 4 nitrogen and oxygen atoms in total. The van der Waals surface area contributed by atoms with Gasteiger partial charge in [-0.1, -0.05) is 0 Å². The molecule has 11 heavy (non-hydrogen) atoms. The molecule has 2 N–H and O–H groups in total. The van der Waals surface area contributed by atoms with Crippen molar-refractivity contribution >= 4 is 5.91 Å². The number of likely N-dealkylation sites (N-methyl/N-ethyl adjacent to an activating group) is 1. The molecule has 0 saturated carbocycles. The molecule has 4 heteroatoms. The molecule has 0 radical (unpaired) electrons. The maximum atomic E-state index is 11.3. The Kier molecular flexibility index (Phi) is 1.25. The molecular formula is C7H12N2O2. The number of hydrogen-bond acceptors (Lipinski definition) is 3. The number of hydrogen-bond donors (Lipinski definition) is 2. The number of fused-ring (bicyclic) bond motifs is 2. The van der Waals surface area contributed by atoms with Gasteiger partial charge in [0.05, 0.1) is 18.2 Å². The van der Waals surface area contributed by atoms with Crippen LogP contribution in [0.5, 0.6) is 0 Å². The fourth-order valence-corrected chi connectivity index (χ4v) is 1.96. The number of carbonyl (C=O) groups excluding carboxylic acids is 1. The van der Waals surface area contributed by atoms with Gasteiger partial charge in [0.15, 0.2) is 0 Å². The second-order valence-corrected chi connectivity index (χ2v) is 3.42.